The van der Waals surface area contributed by atoms with Gasteiger partial charge in [0.15, 0.2) is 0 Å². The van der Waals surface area contributed by atoms with Crippen LogP contribution >= 0.6 is 34.4 Å². The van der Waals surface area contributed by atoms with Gasteiger partial charge in [-0.15, -0.1) is 34.4 Å². The number of carbonyl (C=O) groups is 2. The van der Waals surface area contributed by atoms with E-state index in [9.17, 15) is 9.59 Å². The van der Waals surface area contributed by atoms with Gasteiger partial charge in [-0.25, -0.2) is 9.78 Å². The number of thioether (sulfide) groups is 1. The van der Waals surface area contributed by atoms with Crippen molar-refractivity contribution in [1.82, 2.24) is 4.98 Å². The molecule has 2 heterocycles. The Morgan fingerprint density at radius 3 is 2.55 bits per heavy atom. The van der Waals surface area contributed by atoms with Gasteiger partial charge in [0.2, 0.25) is 5.91 Å². The van der Waals surface area contributed by atoms with E-state index >= 15 is 0 Å². The third-order valence-electron chi connectivity index (χ3n) is 4.99. The van der Waals surface area contributed by atoms with Crippen molar-refractivity contribution in [2.24, 2.45) is 0 Å². The van der Waals surface area contributed by atoms with Gasteiger partial charge in [0.1, 0.15) is 14.9 Å². The number of hydrogen-bond acceptors (Lipinski definition) is 7. The topological polar surface area (TPSA) is 68.3 Å². The Morgan fingerprint density at radius 1 is 1.06 bits per heavy atom. The number of benzene rings is 2. The smallest absolute Gasteiger partial charge is 0.348 e. The minimum Gasteiger partial charge on any atom is -0.462 e. The lowest BCUT2D eigenvalue weighted by atomic mass is 10.1. The molecule has 0 spiro atoms. The second-order valence-corrected chi connectivity index (χ2v) is 10.6. The lowest BCUT2D eigenvalue weighted by Gasteiger charge is -2.06. The van der Waals surface area contributed by atoms with E-state index < -0.39 is 0 Å². The lowest BCUT2D eigenvalue weighted by molar-refractivity contribution is -0.115. The number of carbonyl (C=O) groups excluding carboxylic acids is 2. The molecule has 0 unspecified atom stereocenters. The average Bonchev–Trinajstić information content (AvgIpc) is 3.35. The maximum absolute atomic E-state index is 12.8. The van der Waals surface area contributed by atoms with Gasteiger partial charge >= 0.3 is 5.97 Å². The maximum atomic E-state index is 12.8. The van der Waals surface area contributed by atoms with Crippen molar-refractivity contribution in [2.75, 3.05) is 17.7 Å². The fraction of sp³-hybridized carbons (Fsp3) is 0.240. The summed E-state index contributed by atoms with van der Waals surface area (Å²) in [4.78, 5) is 31.7. The quantitative estimate of drug-likeness (QED) is 0.211. The van der Waals surface area contributed by atoms with Gasteiger partial charge in [-0.1, -0.05) is 29.8 Å². The second-order valence-electron chi connectivity index (χ2n) is 7.43. The molecule has 0 aliphatic rings. The predicted octanol–water partition coefficient (Wildman–Crippen LogP) is 6.94. The van der Waals surface area contributed by atoms with Crippen molar-refractivity contribution in [2.45, 2.75) is 32.1 Å². The Labute approximate surface area is 205 Å². The molecule has 2 aromatic heterocycles. The van der Waals surface area contributed by atoms with Crippen molar-refractivity contribution < 1.29 is 14.3 Å². The number of nitrogens with zero attached hydrogens (tertiary/aromatic N) is 1. The van der Waals surface area contributed by atoms with Gasteiger partial charge < -0.3 is 10.1 Å². The minimum absolute atomic E-state index is 0.0892. The van der Waals surface area contributed by atoms with Crippen LogP contribution in [0.4, 0.5) is 5.00 Å². The number of fused-ring (bicyclic) bond motifs is 1. The first-order valence-corrected chi connectivity index (χ1v) is 13.2. The first-order chi connectivity index (χ1) is 16.0. The van der Waals surface area contributed by atoms with E-state index in [-0.39, 0.29) is 11.9 Å². The predicted molar refractivity (Wildman–Crippen MR) is 139 cm³/mol. The largest absolute Gasteiger partial charge is 0.462 e. The van der Waals surface area contributed by atoms with Gasteiger partial charge in [0.25, 0.3) is 0 Å². The molecule has 0 aliphatic heterocycles. The molecular formula is C25H24N2O3S3. The highest BCUT2D eigenvalue weighted by molar-refractivity contribution is 7.99. The highest BCUT2D eigenvalue weighted by Crippen LogP contribution is 2.43. The van der Waals surface area contributed by atoms with Crippen LogP contribution in [0.5, 0.6) is 0 Å². The number of amides is 1. The highest BCUT2D eigenvalue weighted by atomic mass is 32.2. The molecular weight excluding hydrogens is 472 g/mol. The first-order valence-electron chi connectivity index (χ1n) is 10.6. The van der Waals surface area contributed by atoms with Gasteiger partial charge in [0.05, 0.1) is 16.8 Å². The number of esters is 1. The van der Waals surface area contributed by atoms with E-state index in [0.29, 0.717) is 28.7 Å². The summed E-state index contributed by atoms with van der Waals surface area (Å²) in [6.45, 7) is 6.01. The van der Waals surface area contributed by atoms with Crippen LogP contribution in [0.15, 0.2) is 53.4 Å². The number of rotatable bonds is 8. The van der Waals surface area contributed by atoms with Crippen molar-refractivity contribution in [3.63, 3.8) is 0 Å². The fourth-order valence-corrected chi connectivity index (χ4v) is 6.42. The summed E-state index contributed by atoms with van der Waals surface area (Å²) < 4.78 is 6.30. The Hall–Kier alpha value is -2.68. The summed E-state index contributed by atoms with van der Waals surface area (Å²) in [5.41, 5.74) is 3.68. The van der Waals surface area contributed by atoms with E-state index in [2.05, 4.69) is 36.5 Å². The number of ether oxygens (including phenoxy) is 1. The van der Waals surface area contributed by atoms with Crippen molar-refractivity contribution in [3.05, 3.63) is 64.5 Å². The van der Waals surface area contributed by atoms with Crippen LogP contribution in [0.2, 0.25) is 0 Å². The van der Waals surface area contributed by atoms with Gasteiger partial charge in [-0.3, -0.25) is 4.79 Å². The van der Waals surface area contributed by atoms with Gasteiger partial charge in [0, 0.05) is 22.6 Å². The van der Waals surface area contributed by atoms with Crippen LogP contribution in [0.25, 0.3) is 20.8 Å². The third-order valence-corrected chi connectivity index (χ3v) is 8.24. The van der Waals surface area contributed by atoms with E-state index in [1.165, 1.54) is 16.9 Å². The Bertz CT molecular complexity index is 1260. The summed E-state index contributed by atoms with van der Waals surface area (Å²) in [5, 5.41) is 4.45. The van der Waals surface area contributed by atoms with Crippen molar-refractivity contribution >= 4 is 61.5 Å². The van der Waals surface area contributed by atoms with Crippen LogP contribution in [-0.4, -0.2) is 29.2 Å². The van der Waals surface area contributed by atoms with Crippen molar-refractivity contribution in [1.29, 1.82) is 0 Å². The van der Waals surface area contributed by atoms with Gasteiger partial charge in [-0.05, 0) is 50.6 Å². The molecule has 33 heavy (non-hydrogen) atoms. The van der Waals surface area contributed by atoms with Crippen LogP contribution < -0.4 is 5.32 Å². The van der Waals surface area contributed by atoms with Crippen LogP contribution in [0.3, 0.4) is 0 Å². The summed E-state index contributed by atoms with van der Waals surface area (Å²) in [6.07, 6.45) is 0.365. The molecule has 0 saturated heterocycles. The van der Waals surface area contributed by atoms with Crippen LogP contribution in [-0.2, 0) is 9.53 Å². The number of hydrogen-bond donors (Lipinski definition) is 1. The number of aromatic nitrogens is 1. The number of thiophene rings is 1. The Kier molecular flexibility index (Phi) is 7.47. The molecule has 1 N–H and O–H groups in total. The Balaban J connectivity index is 1.56. The molecule has 2 aromatic carbocycles. The van der Waals surface area contributed by atoms with E-state index in [1.807, 2.05) is 31.2 Å². The van der Waals surface area contributed by atoms with Crippen molar-refractivity contribution in [3.8, 4) is 10.6 Å². The molecule has 0 atom stereocenters. The average molecular weight is 497 g/mol. The molecule has 0 radical (unpaired) electrons. The monoisotopic (exact) mass is 496 g/mol. The number of anilines is 1. The molecule has 4 aromatic rings. The lowest BCUT2D eigenvalue weighted by Crippen LogP contribution is -2.11. The van der Waals surface area contributed by atoms with Gasteiger partial charge in [-0.2, -0.15) is 0 Å². The maximum Gasteiger partial charge on any atom is 0.348 e. The summed E-state index contributed by atoms with van der Waals surface area (Å²) >= 11 is 4.45. The number of para-hydroxylation sites is 1. The fourth-order valence-electron chi connectivity index (χ4n) is 3.31. The highest BCUT2D eigenvalue weighted by Gasteiger charge is 2.25. The summed E-state index contributed by atoms with van der Waals surface area (Å²) in [6, 6.07) is 16.2. The number of aryl methyl sites for hydroxylation is 1. The summed E-state index contributed by atoms with van der Waals surface area (Å²) in [5.74, 6) is 0.201. The molecule has 0 aliphatic carbocycles. The molecule has 1 amide bonds. The van der Waals surface area contributed by atoms with E-state index in [1.54, 1.807) is 30.0 Å². The zero-order valence-corrected chi connectivity index (χ0v) is 21.1. The standard InChI is InChI=1S/C25H24N2O3S3/c1-4-30-25(29)22-16(3)21(23-26-18-7-5-6-8-19(18)32-23)24(33-22)27-20(28)13-14-31-17-11-9-15(2)10-12-17/h5-12H,4,13-14H2,1-3H3,(H,27,28). The second kappa shape index (κ2) is 10.5. The molecule has 0 fully saturated rings. The minimum atomic E-state index is -0.377. The first kappa shape index (κ1) is 23.5. The molecule has 0 bridgehead atoms. The Morgan fingerprint density at radius 2 is 1.82 bits per heavy atom. The molecule has 4 rings (SSSR count). The van der Waals surface area contributed by atoms with Crippen LogP contribution in [0, 0.1) is 13.8 Å². The zero-order valence-electron chi connectivity index (χ0n) is 18.6. The SMILES string of the molecule is CCOC(=O)c1sc(NC(=O)CCSc2ccc(C)cc2)c(-c2nc3ccccc3s2)c1C. The third kappa shape index (κ3) is 5.46. The number of nitrogens with one attached hydrogen (secondary N) is 1. The molecule has 170 valence electrons. The number of thiazole rings is 1. The van der Waals surface area contributed by atoms with E-state index in [4.69, 9.17) is 9.72 Å². The molecule has 5 nitrogen and oxygen atoms in total. The molecule has 8 heteroatoms. The summed E-state index contributed by atoms with van der Waals surface area (Å²) in [7, 11) is 0. The zero-order chi connectivity index (χ0) is 23.4. The van der Waals surface area contributed by atoms with E-state index in [0.717, 1.165) is 31.2 Å². The van der Waals surface area contributed by atoms with Crippen LogP contribution in [0.1, 0.15) is 34.1 Å². The normalized spacial score (nSPS) is 11.0. The molecule has 0 saturated carbocycles.